The number of sulfonamides is 4. The molecule has 0 aliphatic heterocycles. The summed E-state index contributed by atoms with van der Waals surface area (Å²) in [7, 11) is -17.7. The molecule has 0 heterocycles. The quantitative estimate of drug-likeness (QED) is 0.431. The molecule has 0 fully saturated rings. The average molecular weight is 511 g/mol. The Hall–Kier alpha value is -0.770. The van der Waals surface area contributed by atoms with Gasteiger partial charge in [0.15, 0.2) is 0 Å². The summed E-state index contributed by atoms with van der Waals surface area (Å²) in [5.41, 5.74) is 0.703. The second-order valence-corrected chi connectivity index (χ2v) is 14.7. The lowest BCUT2D eigenvalue weighted by molar-refractivity contribution is 0.316. The fraction of sp³-hybridized carbons (Fsp3) is 0.571. The van der Waals surface area contributed by atoms with E-state index in [1.165, 1.54) is 24.3 Å². The third kappa shape index (κ3) is 6.60. The van der Waals surface area contributed by atoms with Crippen molar-refractivity contribution in [1.29, 1.82) is 0 Å². The molecule has 0 spiro atoms. The molecule has 0 aliphatic carbocycles. The van der Waals surface area contributed by atoms with Crippen LogP contribution in [-0.2, 0) is 46.0 Å². The largest absolute Gasteiger partial charge is 0.224 e. The first-order chi connectivity index (χ1) is 12.8. The van der Waals surface area contributed by atoms with Crippen LogP contribution in [0.3, 0.4) is 0 Å². The van der Waals surface area contributed by atoms with Crippen LogP contribution >= 0.6 is 11.6 Å². The molecular weight excluding hydrogens is 488 g/mol. The Bertz CT molecular complexity index is 1100. The van der Waals surface area contributed by atoms with E-state index in [-0.39, 0.29) is 18.9 Å². The lowest BCUT2D eigenvalue weighted by Crippen LogP contribution is -2.51. The maximum Gasteiger partial charge on any atom is 0.224 e. The molecule has 2 atom stereocenters. The molecule has 15 heteroatoms. The topological polar surface area (TPSA) is 143 Å². The number of hydrogen-bond donors (Lipinski definition) is 0. The second kappa shape index (κ2) is 8.77. The molecular formula is C14H23ClN2O8S4. The maximum atomic E-state index is 12.4. The van der Waals surface area contributed by atoms with E-state index in [2.05, 4.69) is 0 Å². The Morgan fingerprint density at radius 1 is 0.724 bits per heavy atom. The van der Waals surface area contributed by atoms with Gasteiger partial charge in [-0.3, -0.25) is 0 Å². The van der Waals surface area contributed by atoms with Gasteiger partial charge in [0.2, 0.25) is 40.1 Å². The number of rotatable bonds is 9. The molecule has 0 aliphatic rings. The highest BCUT2D eigenvalue weighted by molar-refractivity contribution is 8.04. The highest BCUT2D eigenvalue weighted by atomic mass is 35.5. The minimum atomic E-state index is -4.45. The zero-order valence-corrected chi connectivity index (χ0v) is 20.4. The molecule has 29 heavy (non-hydrogen) atoms. The highest BCUT2D eigenvalue weighted by Crippen LogP contribution is 2.34. The fourth-order valence-corrected chi connectivity index (χ4v) is 9.98. The van der Waals surface area contributed by atoms with Gasteiger partial charge in [-0.1, -0.05) is 31.7 Å². The third-order valence-electron chi connectivity index (χ3n) is 3.80. The normalized spacial score (nSPS) is 16.1. The van der Waals surface area contributed by atoms with Crippen molar-refractivity contribution in [3.63, 3.8) is 0 Å². The van der Waals surface area contributed by atoms with Crippen LogP contribution in [0.4, 0.5) is 0 Å². The van der Waals surface area contributed by atoms with Gasteiger partial charge in [-0.05, 0) is 18.1 Å². The van der Waals surface area contributed by atoms with Crippen LogP contribution in [0.1, 0.15) is 24.1 Å². The SMILES string of the molecule is C[C@H]([C@H](c1ccc(CCl)cc1)N(S(C)(=O)=O)S(C)(=O)=O)N(S(C)(=O)=O)S(C)(=O)=O. The van der Waals surface area contributed by atoms with E-state index in [0.717, 1.165) is 6.92 Å². The summed E-state index contributed by atoms with van der Waals surface area (Å²) in [5, 5.41) is 0. The molecule has 0 N–H and O–H groups in total. The Morgan fingerprint density at radius 3 is 1.34 bits per heavy atom. The van der Waals surface area contributed by atoms with Gasteiger partial charge >= 0.3 is 0 Å². The fourth-order valence-electron chi connectivity index (χ4n) is 3.00. The smallest absolute Gasteiger partial charge is 0.212 e. The summed E-state index contributed by atoms with van der Waals surface area (Å²) < 4.78 is 98.4. The number of nitrogens with zero attached hydrogens (tertiary/aromatic N) is 2. The molecule has 0 aromatic heterocycles. The van der Waals surface area contributed by atoms with Crippen molar-refractivity contribution in [3.05, 3.63) is 35.4 Å². The summed E-state index contributed by atoms with van der Waals surface area (Å²) >= 11 is 5.73. The molecule has 0 amide bonds. The van der Waals surface area contributed by atoms with E-state index >= 15 is 0 Å². The van der Waals surface area contributed by atoms with E-state index in [1.54, 1.807) is 0 Å². The van der Waals surface area contributed by atoms with Crippen LogP contribution in [-0.4, -0.2) is 72.2 Å². The molecule has 1 rings (SSSR count). The van der Waals surface area contributed by atoms with Crippen LogP contribution in [0.25, 0.3) is 0 Å². The number of hydrogen-bond acceptors (Lipinski definition) is 8. The van der Waals surface area contributed by atoms with Crippen LogP contribution < -0.4 is 0 Å². The third-order valence-corrected chi connectivity index (χ3v) is 11.1. The number of halogens is 1. The van der Waals surface area contributed by atoms with Gasteiger partial charge in [0.1, 0.15) is 0 Å². The molecule has 168 valence electrons. The summed E-state index contributed by atoms with van der Waals surface area (Å²) in [5.74, 6) is 0.126. The first-order valence-corrected chi connectivity index (χ1v) is 15.8. The van der Waals surface area contributed by atoms with E-state index in [9.17, 15) is 33.7 Å². The first-order valence-electron chi connectivity index (χ1n) is 7.85. The summed E-state index contributed by atoms with van der Waals surface area (Å²) in [6.45, 7) is 1.12. The van der Waals surface area contributed by atoms with E-state index in [4.69, 9.17) is 11.6 Å². The predicted octanol–water partition coefficient (Wildman–Crippen LogP) is 0.297. The minimum Gasteiger partial charge on any atom is -0.212 e. The van der Waals surface area contributed by atoms with Gasteiger partial charge in [0, 0.05) is 5.88 Å². The number of alkyl halides is 1. The van der Waals surface area contributed by atoms with Crippen LogP contribution in [0, 0.1) is 0 Å². The standard InChI is InChI=1S/C14H23ClN2O8S4/c1-11(16(26(2,18)19)27(3,20)21)14(13-8-6-12(10-15)7-9-13)17(28(4,22)23)29(5,24)25/h6-9,11,14H,10H2,1-5H3/t11-,14-/m1/s1. The zero-order chi connectivity index (χ0) is 23.0. The summed E-state index contributed by atoms with van der Waals surface area (Å²) in [4.78, 5) is 0. The zero-order valence-electron chi connectivity index (χ0n) is 16.3. The van der Waals surface area contributed by atoms with E-state index in [0.29, 0.717) is 30.6 Å². The lowest BCUT2D eigenvalue weighted by Gasteiger charge is -2.36. The second-order valence-electron chi connectivity index (χ2n) is 6.56. The summed E-state index contributed by atoms with van der Waals surface area (Å²) in [6, 6.07) is 2.42. The van der Waals surface area contributed by atoms with Crippen molar-refractivity contribution >= 4 is 51.7 Å². The molecule has 0 saturated heterocycles. The minimum absolute atomic E-state index is 0.0690. The number of benzene rings is 1. The van der Waals surface area contributed by atoms with Gasteiger partial charge in [0.05, 0.1) is 37.1 Å². The van der Waals surface area contributed by atoms with Crippen LogP contribution in [0.2, 0.25) is 0 Å². The van der Waals surface area contributed by atoms with Crippen LogP contribution in [0.5, 0.6) is 0 Å². The Kier molecular flexibility index (Phi) is 7.94. The molecule has 0 saturated carbocycles. The average Bonchev–Trinajstić information content (AvgIpc) is 2.47. The van der Waals surface area contributed by atoms with Gasteiger partial charge < -0.3 is 0 Å². The van der Waals surface area contributed by atoms with Gasteiger partial charge in [-0.15, -0.1) is 11.6 Å². The monoisotopic (exact) mass is 510 g/mol. The van der Waals surface area contributed by atoms with Crippen molar-refractivity contribution < 1.29 is 33.7 Å². The Labute approximate surface area is 177 Å². The van der Waals surface area contributed by atoms with Crippen molar-refractivity contribution in [2.45, 2.75) is 24.9 Å². The van der Waals surface area contributed by atoms with Crippen molar-refractivity contribution in [2.75, 3.05) is 25.0 Å². The Morgan fingerprint density at radius 2 is 1.07 bits per heavy atom. The molecule has 0 bridgehead atoms. The van der Waals surface area contributed by atoms with Gasteiger partial charge in [-0.25, -0.2) is 33.7 Å². The van der Waals surface area contributed by atoms with Gasteiger partial charge in [-0.2, -0.15) is 0 Å². The highest BCUT2D eigenvalue weighted by Gasteiger charge is 2.45. The van der Waals surface area contributed by atoms with Crippen LogP contribution in [0.15, 0.2) is 24.3 Å². The Balaban J connectivity index is 3.93. The van der Waals surface area contributed by atoms with Crippen molar-refractivity contribution in [1.82, 2.24) is 7.42 Å². The molecule has 0 radical (unpaired) electrons. The maximum absolute atomic E-state index is 12.4. The molecule has 0 unspecified atom stereocenters. The first kappa shape index (κ1) is 26.3. The van der Waals surface area contributed by atoms with E-state index in [1.807, 2.05) is 0 Å². The lowest BCUT2D eigenvalue weighted by atomic mass is 10.0. The van der Waals surface area contributed by atoms with Gasteiger partial charge in [0.25, 0.3) is 0 Å². The summed E-state index contributed by atoms with van der Waals surface area (Å²) in [6.07, 6.45) is 2.52. The molecule has 1 aromatic carbocycles. The molecule has 1 aromatic rings. The van der Waals surface area contributed by atoms with Crippen molar-refractivity contribution in [2.24, 2.45) is 0 Å². The van der Waals surface area contributed by atoms with Crippen molar-refractivity contribution in [3.8, 4) is 0 Å². The predicted molar refractivity (Wildman–Crippen MR) is 111 cm³/mol. The van der Waals surface area contributed by atoms with E-state index < -0.39 is 52.2 Å². The molecule has 10 nitrogen and oxygen atoms in total.